The first-order valence-electron chi connectivity index (χ1n) is 9.97. The molecule has 0 aliphatic carbocycles. The topological polar surface area (TPSA) is 64.1 Å². The maximum Gasteiger partial charge on any atom is 0.147 e. The molecule has 0 saturated carbocycles. The van der Waals surface area contributed by atoms with Crippen LogP contribution in [0.25, 0.3) is 10.9 Å². The molecule has 0 amide bonds. The highest BCUT2D eigenvalue weighted by molar-refractivity contribution is 5.87. The maximum absolute atomic E-state index is 12.2. The fraction of sp³-hybridized carbons (Fsp3) is 0.391. The van der Waals surface area contributed by atoms with Crippen molar-refractivity contribution in [1.82, 2.24) is 14.5 Å². The first kappa shape index (κ1) is 18.8. The Morgan fingerprint density at radius 2 is 2.04 bits per heavy atom. The Kier molecular flexibility index (Phi) is 5.29. The van der Waals surface area contributed by atoms with E-state index in [1.165, 1.54) is 27.7 Å². The summed E-state index contributed by atoms with van der Waals surface area (Å²) in [6.07, 6.45) is 5.13. The molecule has 3 heterocycles. The number of rotatable bonds is 6. The number of nitrogens with two attached hydrogens (primary N) is 1. The number of ketones is 1. The highest BCUT2D eigenvalue weighted by Gasteiger charge is 2.25. The molecule has 1 aliphatic rings. The number of hydrogen-bond donors (Lipinski definition) is 1. The number of Topliss-reactive ketones (excluding diaryl/α,β-unsaturated/α-hetero) is 1. The number of hydrogen-bond acceptors (Lipinski definition) is 4. The molecule has 1 atom stereocenters. The van der Waals surface area contributed by atoms with Gasteiger partial charge in [0.2, 0.25) is 0 Å². The summed E-state index contributed by atoms with van der Waals surface area (Å²) in [7, 11) is 2.18. The van der Waals surface area contributed by atoms with E-state index in [0.717, 1.165) is 31.6 Å². The first-order chi connectivity index (χ1) is 13.6. The van der Waals surface area contributed by atoms with Crippen LogP contribution in [0.3, 0.4) is 0 Å². The molecule has 1 aliphatic heterocycles. The predicted octanol–water partition coefficient (Wildman–Crippen LogP) is 3.03. The van der Waals surface area contributed by atoms with Crippen LogP contribution >= 0.6 is 0 Å². The lowest BCUT2D eigenvalue weighted by Crippen LogP contribution is -2.28. The van der Waals surface area contributed by atoms with Crippen molar-refractivity contribution in [2.45, 2.75) is 38.8 Å². The lowest BCUT2D eigenvalue weighted by atomic mass is 9.94. The average molecular weight is 377 g/mol. The summed E-state index contributed by atoms with van der Waals surface area (Å²) in [5.74, 6) is 0.187. The quantitative estimate of drug-likeness (QED) is 0.718. The second kappa shape index (κ2) is 7.86. The number of aryl methyl sites for hydroxylation is 1. The molecule has 0 saturated heterocycles. The molecule has 2 aromatic heterocycles. The average Bonchev–Trinajstić information content (AvgIpc) is 3.00. The lowest BCUT2D eigenvalue weighted by molar-refractivity contribution is -0.118. The van der Waals surface area contributed by atoms with Crippen LogP contribution in [0.15, 0.2) is 42.7 Å². The van der Waals surface area contributed by atoms with Gasteiger partial charge in [-0.25, -0.2) is 0 Å². The first-order valence-corrected chi connectivity index (χ1v) is 9.97. The van der Waals surface area contributed by atoms with Gasteiger partial charge in [-0.2, -0.15) is 0 Å². The minimum atomic E-state index is 0.0901. The third-order valence-corrected chi connectivity index (χ3v) is 5.89. The molecular formula is C23H28N4O. The maximum atomic E-state index is 12.2. The van der Waals surface area contributed by atoms with Gasteiger partial charge < -0.3 is 15.2 Å². The summed E-state index contributed by atoms with van der Waals surface area (Å²) in [6, 6.07) is 10.8. The molecule has 3 aromatic rings. The van der Waals surface area contributed by atoms with Crippen LogP contribution in [0.4, 0.5) is 0 Å². The fourth-order valence-electron chi connectivity index (χ4n) is 4.40. The van der Waals surface area contributed by atoms with Gasteiger partial charge in [0.15, 0.2) is 0 Å². The van der Waals surface area contributed by atoms with Crippen LogP contribution in [0.5, 0.6) is 0 Å². The van der Waals surface area contributed by atoms with E-state index in [4.69, 9.17) is 5.73 Å². The third-order valence-electron chi connectivity index (χ3n) is 5.89. The Morgan fingerprint density at radius 3 is 2.79 bits per heavy atom. The highest BCUT2D eigenvalue weighted by Crippen LogP contribution is 2.34. The van der Waals surface area contributed by atoms with Crippen molar-refractivity contribution < 1.29 is 4.79 Å². The van der Waals surface area contributed by atoms with E-state index in [-0.39, 0.29) is 18.2 Å². The minimum Gasteiger partial charge on any atom is -0.342 e. The Morgan fingerprint density at radius 1 is 1.25 bits per heavy atom. The Labute approximate surface area is 166 Å². The number of nitrogens with zero attached hydrogens (tertiary/aromatic N) is 3. The van der Waals surface area contributed by atoms with Gasteiger partial charge in [-0.3, -0.25) is 9.78 Å². The minimum absolute atomic E-state index is 0.0901. The normalized spacial score (nSPS) is 15.5. The van der Waals surface area contributed by atoms with Crippen molar-refractivity contribution in [2.75, 3.05) is 20.1 Å². The van der Waals surface area contributed by atoms with E-state index < -0.39 is 0 Å². The number of likely N-dealkylation sites (N-methyl/N-ethyl adjacent to an activating group) is 1. The smallest absolute Gasteiger partial charge is 0.147 e. The van der Waals surface area contributed by atoms with Gasteiger partial charge in [-0.05, 0) is 55.8 Å². The molecule has 1 aromatic carbocycles. The van der Waals surface area contributed by atoms with Gasteiger partial charge in [-0.15, -0.1) is 0 Å². The molecule has 0 bridgehead atoms. The Hall–Kier alpha value is -2.50. The second-order valence-electron chi connectivity index (χ2n) is 7.97. The largest absolute Gasteiger partial charge is 0.342 e. The van der Waals surface area contributed by atoms with Gasteiger partial charge in [0.05, 0.1) is 6.54 Å². The molecule has 4 rings (SSSR count). The molecular weight excluding hydrogens is 348 g/mol. The zero-order valence-electron chi connectivity index (χ0n) is 16.7. The van der Waals surface area contributed by atoms with Crippen LogP contribution in [0.1, 0.15) is 34.7 Å². The van der Waals surface area contributed by atoms with Gasteiger partial charge in [0.1, 0.15) is 5.78 Å². The highest BCUT2D eigenvalue weighted by atomic mass is 16.1. The van der Waals surface area contributed by atoms with E-state index in [1.54, 1.807) is 12.4 Å². The standard InChI is InChI=1S/C23H28N4O/c1-16-3-4-22-21(11-16)20-7-10-26(2)15-23(20)27(22)14-18(12-19(28)13-24)17-5-8-25-9-6-17/h3-6,8-9,11,18H,7,10,12-15,24H2,1-2H3. The zero-order valence-corrected chi connectivity index (χ0v) is 16.7. The summed E-state index contributed by atoms with van der Waals surface area (Å²) < 4.78 is 2.44. The number of fused-ring (bicyclic) bond motifs is 3. The molecule has 1 unspecified atom stereocenters. The SMILES string of the molecule is Cc1ccc2c(c1)c1c(n2CC(CC(=O)CN)c2ccncc2)CN(C)CC1. The molecule has 5 heteroatoms. The molecule has 5 nitrogen and oxygen atoms in total. The Balaban J connectivity index is 1.80. The van der Waals surface area contributed by atoms with Crippen molar-refractivity contribution in [3.63, 3.8) is 0 Å². The summed E-state index contributed by atoms with van der Waals surface area (Å²) in [5, 5.41) is 1.36. The van der Waals surface area contributed by atoms with Gasteiger partial charge in [0.25, 0.3) is 0 Å². The van der Waals surface area contributed by atoms with E-state index in [9.17, 15) is 4.79 Å². The summed E-state index contributed by atoms with van der Waals surface area (Å²) in [6.45, 7) is 5.04. The monoisotopic (exact) mass is 376 g/mol. The van der Waals surface area contributed by atoms with Gasteiger partial charge in [-0.1, -0.05) is 11.6 Å². The van der Waals surface area contributed by atoms with E-state index in [2.05, 4.69) is 46.6 Å². The van der Waals surface area contributed by atoms with Crippen molar-refractivity contribution in [3.05, 3.63) is 65.1 Å². The molecule has 146 valence electrons. The van der Waals surface area contributed by atoms with Gasteiger partial charge >= 0.3 is 0 Å². The summed E-state index contributed by atoms with van der Waals surface area (Å²) in [4.78, 5) is 18.7. The third kappa shape index (κ3) is 3.60. The van der Waals surface area contributed by atoms with Crippen LogP contribution in [0.2, 0.25) is 0 Å². The van der Waals surface area contributed by atoms with Crippen LogP contribution in [0, 0.1) is 6.92 Å². The summed E-state index contributed by atoms with van der Waals surface area (Å²) >= 11 is 0. The second-order valence-corrected chi connectivity index (χ2v) is 7.97. The van der Waals surface area contributed by atoms with E-state index in [1.807, 2.05) is 12.1 Å². The number of carbonyl (C=O) groups is 1. The Bertz CT molecular complexity index is 993. The van der Waals surface area contributed by atoms with Crippen LogP contribution in [-0.2, 0) is 24.3 Å². The predicted molar refractivity (Wildman–Crippen MR) is 112 cm³/mol. The van der Waals surface area contributed by atoms with E-state index >= 15 is 0 Å². The number of aromatic nitrogens is 2. The van der Waals surface area contributed by atoms with Crippen LogP contribution in [-0.4, -0.2) is 40.4 Å². The number of carbonyl (C=O) groups excluding carboxylic acids is 1. The molecule has 0 radical (unpaired) electrons. The van der Waals surface area contributed by atoms with Crippen molar-refractivity contribution in [2.24, 2.45) is 5.73 Å². The molecule has 28 heavy (non-hydrogen) atoms. The molecule has 0 fully saturated rings. The van der Waals surface area contributed by atoms with Crippen molar-refractivity contribution in [3.8, 4) is 0 Å². The van der Waals surface area contributed by atoms with Crippen molar-refractivity contribution in [1.29, 1.82) is 0 Å². The molecule has 2 N–H and O–H groups in total. The van der Waals surface area contributed by atoms with Crippen LogP contribution < -0.4 is 5.73 Å². The van der Waals surface area contributed by atoms with E-state index in [0.29, 0.717) is 6.42 Å². The number of benzene rings is 1. The van der Waals surface area contributed by atoms with Crippen molar-refractivity contribution >= 4 is 16.7 Å². The lowest BCUT2D eigenvalue weighted by Gasteiger charge is -2.26. The number of pyridine rings is 1. The fourth-order valence-corrected chi connectivity index (χ4v) is 4.40. The van der Waals surface area contributed by atoms with Gasteiger partial charge in [0, 0.05) is 61.0 Å². The molecule has 0 spiro atoms. The zero-order chi connectivity index (χ0) is 19.7. The summed E-state index contributed by atoms with van der Waals surface area (Å²) in [5.41, 5.74) is 12.2.